The molecule has 5 saturated heterocycles. The van der Waals surface area contributed by atoms with Crippen molar-refractivity contribution < 1.29 is 152 Å². The number of rotatable bonds is 18. The minimum absolute atomic E-state index is 0.0483. The summed E-state index contributed by atoms with van der Waals surface area (Å²) in [5, 5.41) is 144. The van der Waals surface area contributed by atoms with Crippen LogP contribution in [0.3, 0.4) is 0 Å². The minimum Gasteiger partial charge on any atom is -0.497 e. The summed E-state index contributed by atoms with van der Waals surface area (Å²) < 4.78 is 78.7. The van der Waals surface area contributed by atoms with Gasteiger partial charge in [0, 0.05) is 13.0 Å². The Balaban J connectivity index is 0.891. The van der Waals surface area contributed by atoms with Crippen LogP contribution in [0.15, 0.2) is 42.0 Å². The molecule has 0 bridgehead atoms. The van der Waals surface area contributed by atoms with E-state index in [9.17, 15) is 85.6 Å². The lowest BCUT2D eigenvalue weighted by Crippen LogP contribution is -2.69. The van der Waals surface area contributed by atoms with Crippen molar-refractivity contribution in [3.05, 3.63) is 47.6 Å². The first kappa shape index (κ1) is 78.3. The minimum atomic E-state index is -2.22. The number of carbonyl (C=O) groups is 5. The van der Waals surface area contributed by atoms with Gasteiger partial charge >= 0.3 is 23.9 Å². The van der Waals surface area contributed by atoms with Crippen molar-refractivity contribution in [1.29, 1.82) is 0 Å². The molecule has 4 saturated carbocycles. The lowest BCUT2D eigenvalue weighted by Gasteiger charge is -2.71. The molecule has 0 unspecified atom stereocenters. The number of aldehydes is 1. The Bertz CT molecular complexity index is 3240. The molecule has 0 aromatic heterocycles. The predicted octanol–water partition coefficient (Wildman–Crippen LogP) is -0.431. The number of fused-ring (bicyclic) bond motifs is 7. The van der Waals surface area contributed by atoms with Crippen molar-refractivity contribution in [2.45, 2.75) is 280 Å². The Labute approximate surface area is 589 Å². The number of allylic oxidation sites excluding steroid dienone is 2. The van der Waals surface area contributed by atoms with Gasteiger partial charge in [0.2, 0.25) is 6.29 Å². The van der Waals surface area contributed by atoms with Gasteiger partial charge in [0.1, 0.15) is 96.8 Å². The van der Waals surface area contributed by atoms with Crippen LogP contribution in [0.2, 0.25) is 0 Å². The van der Waals surface area contributed by atoms with E-state index < -0.39 is 241 Å². The van der Waals surface area contributed by atoms with Gasteiger partial charge in [-0.3, -0.25) is 9.59 Å². The van der Waals surface area contributed by atoms with Crippen LogP contribution in [0, 0.1) is 50.2 Å². The summed E-state index contributed by atoms with van der Waals surface area (Å²) in [4.78, 5) is 70.2. The number of carboxylic acid groups (broad SMARTS) is 1. The zero-order valence-corrected chi connectivity index (χ0v) is 58.8. The summed E-state index contributed by atoms with van der Waals surface area (Å²) in [5.41, 5.74) is -4.17. The lowest BCUT2D eigenvalue weighted by atomic mass is 9.33. The largest absolute Gasteiger partial charge is 0.497 e. The SMILES string of the molecule is COc1ccc(/C=C/C(=O)O[C@H]2[C@H](OC(C)=O)[C@@H](O[C@H]3O[C@@H](C)[C@H](O)[C@@H](O)[C@@H]3O)[C@H](OC(=O)[C@]34CCC(C)(C)C[C@H]3C3=CC[C@@H]5[C@@]6(C)CC[C@H](O[C@H]7O[C@@H](C(=O)O)[C@@H](O)[C@H](O[C@@H]8OC[C@@H](O)[C@H](O)[C@H]8O)[C@H]7O[C@H]7O[C@@H](CO)[C@H](O)[C@@H](O)[C@@H]7O)[C@](C)(C=O)[C@@H]6CC[C@@]5(C)[C@]3(C)C[C@H]4O)O[C@@H]2C)cc1. The van der Waals surface area contributed by atoms with E-state index in [1.54, 1.807) is 31.2 Å². The summed E-state index contributed by atoms with van der Waals surface area (Å²) in [5.74, 6) is -5.21. The second-order valence-electron chi connectivity index (χ2n) is 31.5. The molecule has 5 heterocycles. The first-order valence-corrected chi connectivity index (χ1v) is 35.2. The number of ether oxygens (including phenoxy) is 13. The number of aliphatic carboxylic acids is 1. The van der Waals surface area contributed by atoms with Crippen molar-refractivity contribution in [3.63, 3.8) is 0 Å². The van der Waals surface area contributed by atoms with E-state index in [0.717, 1.165) is 24.9 Å². The maximum atomic E-state index is 16.0. The monoisotopic (exact) mass is 1450 g/mol. The summed E-state index contributed by atoms with van der Waals surface area (Å²) >= 11 is 0. The number of carbonyl (C=O) groups excluding carboxylic acids is 4. The Morgan fingerprint density at radius 1 is 0.608 bits per heavy atom. The van der Waals surface area contributed by atoms with Crippen LogP contribution in [0.5, 0.6) is 5.75 Å². The van der Waals surface area contributed by atoms with Gasteiger partial charge in [-0.05, 0) is 135 Å². The number of carboxylic acids is 1. The first-order chi connectivity index (χ1) is 47.9. The van der Waals surface area contributed by atoms with Crippen LogP contribution in [0.4, 0.5) is 0 Å². The fourth-order valence-corrected chi connectivity index (χ4v) is 19.0. The molecule has 5 aliphatic carbocycles. The summed E-state index contributed by atoms with van der Waals surface area (Å²) in [6, 6.07) is 6.78. The van der Waals surface area contributed by atoms with E-state index in [2.05, 4.69) is 40.7 Å². The number of aliphatic hydroxyl groups is 12. The van der Waals surface area contributed by atoms with Gasteiger partial charge < -0.3 is 133 Å². The maximum Gasteiger partial charge on any atom is 0.335 e. The molecule has 0 amide bonds. The van der Waals surface area contributed by atoms with Gasteiger partial charge in [-0.2, -0.15) is 0 Å². The average Bonchev–Trinajstić information content (AvgIpc) is 0.669. The molecule has 5 aliphatic heterocycles. The average molecular weight is 1450 g/mol. The maximum absolute atomic E-state index is 16.0. The van der Waals surface area contributed by atoms with E-state index in [0.29, 0.717) is 49.8 Å². The van der Waals surface area contributed by atoms with Gasteiger partial charge in [-0.15, -0.1) is 0 Å². The highest BCUT2D eigenvalue weighted by molar-refractivity contribution is 5.87. The van der Waals surface area contributed by atoms with Gasteiger partial charge in [0.15, 0.2) is 49.6 Å². The van der Waals surface area contributed by atoms with Crippen molar-refractivity contribution in [2.24, 2.45) is 50.2 Å². The standard InChI is InChI=1S/C71H102O31/c1-30-44(78)47(81)50(84)61(92-30)101-58-56(94-32(3)74)53(97-43(77)18-13-33-11-14-34(90-10)15-12-33)31(2)93-63(58)102-65(89)71-24-23-66(4,5)25-36(71)35-16-17-40-67(6)21-20-42(68(7,29-73)39(67)19-22-69(40,8)70(35,9)26-41(71)76)96-64-57(100-62-51(85)48(82)46(80)38(27-72)95-62)54(52(86)55(99-64)59(87)88)98-60-49(83)45(79)37(75)28-91-60/h11-16,18,29-31,36-42,44-58,60-64,72,75-76,78-86H,17,19-28H2,1-10H3,(H,87,88)/b18-13+/t30-,31+,36-,37+,38-,39+,40+,41+,42-,44-,45-,46-,47+,48+,49+,50-,51-,52-,53+,54-,55+,56-,57+,58+,60-,61+,62+,63-,64-,67-,68+,69+,70+,71+/m0/s1. The van der Waals surface area contributed by atoms with Gasteiger partial charge in [-0.1, -0.05) is 65.3 Å². The van der Waals surface area contributed by atoms with Crippen LogP contribution < -0.4 is 4.74 Å². The van der Waals surface area contributed by atoms with E-state index in [1.165, 1.54) is 27.0 Å². The normalized spacial score (nSPS) is 48.5. The molecule has 31 nitrogen and oxygen atoms in total. The Morgan fingerprint density at radius 2 is 1.24 bits per heavy atom. The van der Waals surface area contributed by atoms with Gasteiger partial charge in [0.25, 0.3) is 0 Å². The van der Waals surface area contributed by atoms with Crippen molar-refractivity contribution in [1.82, 2.24) is 0 Å². The molecule has 31 heteroatoms. The van der Waals surface area contributed by atoms with E-state index in [4.69, 9.17) is 61.6 Å². The molecule has 572 valence electrons. The molecule has 11 rings (SSSR count). The second kappa shape index (κ2) is 29.8. The third-order valence-corrected chi connectivity index (χ3v) is 25.1. The third-order valence-electron chi connectivity index (χ3n) is 25.1. The summed E-state index contributed by atoms with van der Waals surface area (Å²) in [7, 11) is 1.51. The molecule has 13 N–H and O–H groups in total. The van der Waals surface area contributed by atoms with E-state index in [-0.39, 0.29) is 25.2 Å². The second-order valence-corrected chi connectivity index (χ2v) is 31.5. The number of aliphatic hydroxyl groups excluding tert-OH is 12. The summed E-state index contributed by atoms with van der Waals surface area (Å²) in [6.07, 6.45) is -37.4. The lowest BCUT2D eigenvalue weighted by molar-refractivity contribution is -0.391. The topological polar surface area (TPSA) is 468 Å². The van der Waals surface area contributed by atoms with Crippen LogP contribution in [-0.2, 0) is 80.8 Å². The first-order valence-electron chi connectivity index (χ1n) is 35.2. The molecule has 0 spiro atoms. The molecule has 0 radical (unpaired) electrons. The van der Waals surface area contributed by atoms with Crippen molar-refractivity contribution >= 4 is 36.2 Å². The molecule has 10 aliphatic rings. The third kappa shape index (κ3) is 13.8. The zero-order chi connectivity index (χ0) is 74.4. The van der Waals surface area contributed by atoms with Crippen molar-refractivity contribution in [3.8, 4) is 5.75 Å². The highest BCUT2D eigenvalue weighted by Gasteiger charge is 2.73. The van der Waals surface area contributed by atoms with E-state index in [1.807, 2.05) is 0 Å². The van der Waals surface area contributed by atoms with E-state index >= 15 is 4.79 Å². The Kier molecular flexibility index (Phi) is 22.8. The molecule has 1 aromatic rings. The summed E-state index contributed by atoms with van der Waals surface area (Å²) in [6.45, 7) is 14.8. The highest BCUT2D eigenvalue weighted by atomic mass is 16.8. The number of esters is 3. The number of hydrogen-bond acceptors (Lipinski definition) is 30. The predicted molar refractivity (Wildman–Crippen MR) is 344 cm³/mol. The fourth-order valence-electron chi connectivity index (χ4n) is 19.0. The van der Waals surface area contributed by atoms with Crippen LogP contribution in [0.1, 0.15) is 126 Å². The fraction of sp³-hybridized carbons (Fsp3) is 0.789. The highest BCUT2D eigenvalue weighted by Crippen LogP contribution is 2.76. The van der Waals surface area contributed by atoms with Crippen LogP contribution >= 0.6 is 0 Å². The number of benzene rings is 1. The van der Waals surface area contributed by atoms with Gasteiger partial charge in [0.05, 0.1) is 50.2 Å². The molecule has 34 atom stereocenters. The van der Waals surface area contributed by atoms with Crippen LogP contribution in [-0.4, -0.2) is 277 Å². The molecular weight excluding hydrogens is 1350 g/mol. The molecule has 9 fully saturated rings. The quantitative estimate of drug-likeness (QED) is 0.0221. The number of hydrogen-bond donors (Lipinski definition) is 13. The molecular formula is C71H102O31. The smallest absolute Gasteiger partial charge is 0.335 e. The van der Waals surface area contributed by atoms with Crippen molar-refractivity contribution in [2.75, 3.05) is 20.3 Å². The molecule has 102 heavy (non-hydrogen) atoms. The van der Waals surface area contributed by atoms with Gasteiger partial charge in [-0.25, -0.2) is 9.59 Å². The zero-order valence-electron chi connectivity index (χ0n) is 58.8. The van der Waals surface area contributed by atoms with Crippen LogP contribution in [0.25, 0.3) is 6.08 Å². The Hall–Kier alpha value is -4.79. The molecule has 1 aromatic carbocycles. The Morgan fingerprint density at radius 3 is 1.87 bits per heavy atom. The number of methoxy groups -OCH3 is 1.